The Morgan fingerprint density at radius 2 is 1.73 bits per heavy atom. The lowest BCUT2D eigenvalue weighted by Crippen LogP contribution is -2.40. The van der Waals surface area contributed by atoms with E-state index in [1.54, 1.807) is 0 Å². The molecule has 172 valence electrons. The number of rotatable bonds is 8. The predicted molar refractivity (Wildman–Crippen MR) is 109 cm³/mol. The number of phosphoric ester groups is 1. The molecule has 14 heteroatoms. The second kappa shape index (κ2) is 8.75. The summed E-state index contributed by atoms with van der Waals surface area (Å²) in [7, 11) is -16.1. The molecule has 0 spiro atoms. The third kappa shape index (κ3) is 6.47. The topological polar surface area (TPSA) is 163 Å². The molecular weight excluding hydrogens is 459 g/mol. The van der Waals surface area contributed by atoms with Crippen molar-refractivity contribution in [2.75, 3.05) is 6.61 Å². The van der Waals surface area contributed by atoms with Crippen LogP contribution in [-0.4, -0.2) is 37.1 Å². The van der Waals surface area contributed by atoms with Crippen molar-refractivity contribution in [3.63, 3.8) is 0 Å². The average Bonchev–Trinajstić information content (AvgIpc) is 2.73. The molecular formula is C16H28NO10P3. The summed E-state index contributed by atoms with van der Waals surface area (Å²) >= 11 is 0. The lowest BCUT2D eigenvalue weighted by Gasteiger charge is -2.41. The molecule has 1 heterocycles. The maximum absolute atomic E-state index is 12.0. The second-order valence-corrected chi connectivity index (χ2v) is 12.6. The Bertz CT molecular complexity index is 878. The minimum atomic E-state index is -5.52. The molecule has 0 saturated heterocycles. The molecule has 1 fully saturated rings. The Hall–Kier alpha value is -0.570. The molecule has 5 unspecified atom stereocenters. The molecule has 0 aromatic carbocycles. The number of hydrogen-bond donors (Lipinski definition) is 4. The first kappa shape index (κ1) is 25.7. The molecule has 0 radical (unpaired) electrons. The lowest BCUT2D eigenvalue weighted by atomic mass is 9.77. The first-order valence-electron chi connectivity index (χ1n) is 9.04. The summed E-state index contributed by atoms with van der Waals surface area (Å²) in [5.74, 6) is -0.178. The molecule has 1 saturated carbocycles. The minimum absolute atomic E-state index is 0.0267. The highest BCUT2D eigenvalue weighted by Gasteiger charge is 2.50. The summed E-state index contributed by atoms with van der Waals surface area (Å²) in [6.45, 7) is 13.9. The second-order valence-electron chi connectivity index (χ2n) is 8.13. The molecule has 5 atom stereocenters. The normalized spacial score (nSPS) is 30.9. The van der Waals surface area contributed by atoms with Crippen LogP contribution in [0.25, 0.3) is 0 Å². The van der Waals surface area contributed by atoms with E-state index in [9.17, 15) is 23.5 Å². The van der Waals surface area contributed by atoms with Gasteiger partial charge in [-0.3, -0.25) is 4.52 Å². The largest absolute Gasteiger partial charge is 0.490 e. The van der Waals surface area contributed by atoms with Gasteiger partial charge in [0.15, 0.2) is 0 Å². The highest BCUT2D eigenvalue weighted by Crippen LogP contribution is 2.66. The smallest absolute Gasteiger partial charge is 0.348 e. The molecule has 1 aliphatic carbocycles. The van der Waals surface area contributed by atoms with Crippen LogP contribution >= 0.6 is 23.5 Å². The summed E-state index contributed by atoms with van der Waals surface area (Å²) in [4.78, 5) is 38.2. The zero-order valence-electron chi connectivity index (χ0n) is 16.9. The molecule has 4 N–H and O–H groups in total. The zero-order chi connectivity index (χ0) is 23.1. The van der Waals surface area contributed by atoms with Gasteiger partial charge in [0.1, 0.15) is 0 Å². The van der Waals surface area contributed by atoms with Crippen molar-refractivity contribution < 1.29 is 46.4 Å². The third-order valence-electron chi connectivity index (χ3n) is 5.74. The van der Waals surface area contributed by atoms with Crippen molar-refractivity contribution in [1.82, 2.24) is 4.90 Å². The quantitative estimate of drug-likeness (QED) is 0.369. The maximum atomic E-state index is 12.0. The fourth-order valence-corrected chi connectivity index (χ4v) is 6.99. The van der Waals surface area contributed by atoms with Crippen LogP contribution in [0.2, 0.25) is 0 Å². The number of nitrogens with zero attached hydrogens (tertiary/aromatic N) is 1. The summed E-state index contributed by atoms with van der Waals surface area (Å²) in [6, 6.07) is 0.0267. The third-order valence-corrected chi connectivity index (χ3v) is 9.54. The van der Waals surface area contributed by atoms with Gasteiger partial charge in [-0.1, -0.05) is 33.9 Å². The van der Waals surface area contributed by atoms with Gasteiger partial charge in [0.05, 0.1) is 6.61 Å². The fourth-order valence-electron chi connectivity index (χ4n) is 3.91. The van der Waals surface area contributed by atoms with E-state index in [0.29, 0.717) is 12.8 Å². The van der Waals surface area contributed by atoms with Gasteiger partial charge in [0, 0.05) is 24.4 Å². The number of hydrogen-bond acceptors (Lipinski definition) is 7. The molecule has 11 nitrogen and oxygen atoms in total. The first-order valence-corrected chi connectivity index (χ1v) is 13.6. The molecule has 2 rings (SSSR count). The van der Waals surface area contributed by atoms with Gasteiger partial charge in [-0.2, -0.15) is 8.62 Å². The monoisotopic (exact) mass is 487 g/mol. The van der Waals surface area contributed by atoms with Gasteiger partial charge < -0.3 is 24.5 Å². The van der Waals surface area contributed by atoms with Crippen LogP contribution in [0.15, 0.2) is 36.7 Å². The highest BCUT2D eigenvalue weighted by atomic mass is 31.3. The summed E-state index contributed by atoms with van der Waals surface area (Å²) in [5, 5.41) is 0. The van der Waals surface area contributed by atoms with Crippen molar-refractivity contribution in [3.05, 3.63) is 36.7 Å². The van der Waals surface area contributed by atoms with E-state index in [1.807, 2.05) is 19.2 Å². The van der Waals surface area contributed by atoms with Gasteiger partial charge in [0.25, 0.3) is 0 Å². The predicted octanol–water partition coefficient (Wildman–Crippen LogP) is 3.67. The lowest BCUT2D eigenvalue weighted by molar-refractivity contribution is 0.120. The van der Waals surface area contributed by atoms with E-state index in [4.69, 9.17) is 14.3 Å². The summed E-state index contributed by atoms with van der Waals surface area (Å²) < 4.78 is 46.5. The van der Waals surface area contributed by atoms with Crippen molar-refractivity contribution in [3.8, 4) is 0 Å². The molecule has 2 aliphatic rings. The number of phosphoric acid groups is 3. The van der Waals surface area contributed by atoms with E-state index in [0.717, 1.165) is 11.3 Å². The molecule has 0 bridgehead atoms. The van der Waals surface area contributed by atoms with Crippen molar-refractivity contribution in [1.29, 1.82) is 0 Å². The zero-order valence-corrected chi connectivity index (χ0v) is 19.6. The van der Waals surface area contributed by atoms with Crippen LogP contribution in [-0.2, 0) is 26.8 Å². The molecule has 30 heavy (non-hydrogen) atoms. The van der Waals surface area contributed by atoms with Gasteiger partial charge in [-0.05, 0) is 35.3 Å². The fraction of sp³-hybridized carbons (Fsp3) is 0.625. The van der Waals surface area contributed by atoms with E-state index < -0.39 is 23.5 Å². The van der Waals surface area contributed by atoms with Crippen LogP contribution in [0.5, 0.6) is 0 Å². The van der Waals surface area contributed by atoms with Gasteiger partial charge in [0.2, 0.25) is 0 Å². The average molecular weight is 487 g/mol. The van der Waals surface area contributed by atoms with Crippen molar-refractivity contribution in [2.45, 2.75) is 39.7 Å². The van der Waals surface area contributed by atoms with Crippen molar-refractivity contribution >= 4 is 23.5 Å². The van der Waals surface area contributed by atoms with Crippen LogP contribution in [0.4, 0.5) is 0 Å². The van der Waals surface area contributed by atoms with E-state index in [-0.39, 0.29) is 29.9 Å². The van der Waals surface area contributed by atoms with Crippen LogP contribution in [0, 0.1) is 17.3 Å². The Balaban J connectivity index is 2.07. The summed E-state index contributed by atoms with van der Waals surface area (Å²) in [5.41, 5.74) is 1.61. The molecule has 0 amide bonds. The highest BCUT2D eigenvalue weighted by molar-refractivity contribution is 7.66. The minimum Gasteiger partial charge on any atom is -0.348 e. The Morgan fingerprint density at radius 3 is 2.27 bits per heavy atom. The van der Waals surface area contributed by atoms with Gasteiger partial charge in [-0.15, -0.1) is 0 Å². The Kier molecular flexibility index (Phi) is 7.50. The van der Waals surface area contributed by atoms with E-state index in [2.05, 4.69) is 40.5 Å². The molecule has 1 aliphatic heterocycles. The SMILES string of the molecule is C=C1C=CN(C2CC(COP(=O)(O)OP(=O)(O)OP(=O)(O)O)C(C)C2(C)C)C(=C)C1. The van der Waals surface area contributed by atoms with Crippen LogP contribution < -0.4 is 0 Å². The summed E-state index contributed by atoms with van der Waals surface area (Å²) in [6.07, 6.45) is 5.05. The van der Waals surface area contributed by atoms with E-state index >= 15 is 0 Å². The van der Waals surface area contributed by atoms with Crippen molar-refractivity contribution in [2.24, 2.45) is 17.3 Å². The van der Waals surface area contributed by atoms with Crippen LogP contribution in [0.3, 0.4) is 0 Å². The standard InChI is InChI=1S/C16H28NO10P3/c1-11-6-7-17(12(2)8-11)15-9-14(13(3)16(15,4)5)10-25-29(21,22)27-30(23,24)26-28(18,19)20/h6-7,13-15H,1-2,8-10H2,3-5H3,(H,21,22)(H,23,24)(H2,18,19,20). The maximum Gasteiger partial charge on any atom is 0.490 e. The first-order chi connectivity index (χ1) is 13.4. The Labute approximate surface area is 175 Å². The Morgan fingerprint density at radius 1 is 1.13 bits per heavy atom. The number of allylic oxidation sites excluding steroid dienone is 2. The van der Waals surface area contributed by atoms with E-state index in [1.165, 1.54) is 0 Å². The van der Waals surface area contributed by atoms with Gasteiger partial charge in [-0.25, -0.2) is 13.7 Å². The van der Waals surface area contributed by atoms with Crippen LogP contribution in [0.1, 0.15) is 33.6 Å². The van der Waals surface area contributed by atoms with Gasteiger partial charge >= 0.3 is 23.5 Å². The molecule has 0 aromatic rings. The molecule has 0 aromatic heterocycles.